The van der Waals surface area contributed by atoms with Crippen molar-refractivity contribution in [3.63, 3.8) is 0 Å². The van der Waals surface area contributed by atoms with Crippen LogP contribution in [0.4, 0.5) is 5.69 Å². The number of nitrogens with zero attached hydrogens (tertiary/aromatic N) is 1. The first-order chi connectivity index (χ1) is 7.38. The van der Waals surface area contributed by atoms with Crippen molar-refractivity contribution in [2.24, 2.45) is 0 Å². The average Bonchev–Trinajstić information content (AvgIpc) is 2.37. The zero-order valence-corrected chi connectivity index (χ0v) is 10.5. The van der Waals surface area contributed by atoms with Gasteiger partial charge in [0.05, 0.1) is 6.54 Å². The van der Waals surface area contributed by atoms with Gasteiger partial charge in [-0.1, -0.05) is 6.07 Å². The first-order valence-corrected chi connectivity index (χ1v) is 5.76. The molecule has 0 aromatic heterocycles. The maximum atomic E-state index is 11.6. The van der Waals surface area contributed by atoms with Crippen molar-refractivity contribution in [2.75, 3.05) is 11.4 Å². The quantitative estimate of drug-likeness (QED) is 0.721. The van der Waals surface area contributed by atoms with E-state index in [1.54, 1.807) is 0 Å². The van der Waals surface area contributed by atoms with Gasteiger partial charge in [-0.3, -0.25) is 4.79 Å². The number of ketones is 1. The lowest BCUT2D eigenvalue weighted by Gasteiger charge is -2.33. The Kier molecular flexibility index (Phi) is 2.53. The molecule has 0 spiro atoms. The molecule has 0 N–H and O–H groups in total. The average molecular weight is 217 g/mol. The second-order valence-electron chi connectivity index (χ2n) is 5.46. The third kappa shape index (κ3) is 1.97. The largest absolute Gasteiger partial charge is 0.359 e. The van der Waals surface area contributed by atoms with Crippen molar-refractivity contribution in [2.45, 2.75) is 39.7 Å². The van der Waals surface area contributed by atoms with Gasteiger partial charge < -0.3 is 4.90 Å². The Bertz CT molecular complexity index is 414. The molecule has 1 fully saturated rings. The maximum Gasteiger partial charge on any atom is 0.154 e. The summed E-state index contributed by atoms with van der Waals surface area (Å²) in [6.45, 7) is 9.02. The fourth-order valence-corrected chi connectivity index (χ4v) is 2.57. The van der Waals surface area contributed by atoms with E-state index >= 15 is 0 Å². The first kappa shape index (κ1) is 11.2. The minimum absolute atomic E-state index is 0.0443. The molecule has 1 heterocycles. The highest BCUT2D eigenvalue weighted by atomic mass is 16.1. The van der Waals surface area contributed by atoms with E-state index < -0.39 is 0 Å². The van der Waals surface area contributed by atoms with Crippen LogP contribution in [0.15, 0.2) is 18.2 Å². The van der Waals surface area contributed by atoms with Crippen LogP contribution in [0.2, 0.25) is 0 Å². The Labute approximate surface area is 97.3 Å². The molecule has 1 saturated heterocycles. The molecule has 2 nitrogen and oxygen atoms in total. The molecule has 0 saturated carbocycles. The zero-order valence-electron chi connectivity index (χ0n) is 10.5. The van der Waals surface area contributed by atoms with Crippen LogP contribution in [-0.2, 0) is 4.79 Å². The lowest BCUT2D eigenvalue weighted by atomic mass is 10.0. The van der Waals surface area contributed by atoms with Crippen molar-refractivity contribution in [1.29, 1.82) is 0 Å². The van der Waals surface area contributed by atoms with Gasteiger partial charge in [-0.15, -0.1) is 0 Å². The molecule has 0 aliphatic carbocycles. The Balaban J connectivity index is 2.40. The van der Waals surface area contributed by atoms with Gasteiger partial charge in [-0.2, -0.15) is 0 Å². The lowest BCUT2D eigenvalue weighted by molar-refractivity contribution is -0.116. The first-order valence-electron chi connectivity index (χ1n) is 5.76. The molecule has 2 heteroatoms. The van der Waals surface area contributed by atoms with Crippen molar-refractivity contribution in [3.8, 4) is 0 Å². The summed E-state index contributed by atoms with van der Waals surface area (Å²) in [6, 6.07) is 6.48. The number of hydrogen-bond donors (Lipinski definition) is 0. The molecule has 1 aromatic rings. The van der Waals surface area contributed by atoms with Crippen LogP contribution in [0.3, 0.4) is 0 Å². The maximum absolute atomic E-state index is 11.6. The Morgan fingerprint density at radius 1 is 1.12 bits per heavy atom. The van der Waals surface area contributed by atoms with E-state index in [1.807, 2.05) is 0 Å². The minimum atomic E-state index is -0.0443. The standard InChI is InChI=1S/C14H19NO/c1-10-5-11(2)7-12(6-10)15-9-13(16)8-14(15,3)4/h5-7H,8-9H2,1-4H3. The Morgan fingerprint density at radius 3 is 2.12 bits per heavy atom. The van der Waals surface area contributed by atoms with E-state index in [4.69, 9.17) is 0 Å². The van der Waals surface area contributed by atoms with Crippen molar-refractivity contribution in [3.05, 3.63) is 29.3 Å². The molecule has 0 atom stereocenters. The van der Waals surface area contributed by atoms with Crippen LogP contribution >= 0.6 is 0 Å². The Morgan fingerprint density at radius 2 is 1.69 bits per heavy atom. The van der Waals surface area contributed by atoms with Gasteiger partial charge in [0.2, 0.25) is 0 Å². The number of benzene rings is 1. The number of carbonyl (C=O) groups excluding carboxylic acids is 1. The second-order valence-corrected chi connectivity index (χ2v) is 5.46. The van der Waals surface area contributed by atoms with E-state index in [1.165, 1.54) is 16.8 Å². The summed E-state index contributed by atoms with van der Waals surface area (Å²) < 4.78 is 0. The fraction of sp³-hybridized carbons (Fsp3) is 0.500. The van der Waals surface area contributed by atoms with Crippen LogP contribution in [0.5, 0.6) is 0 Å². The summed E-state index contributed by atoms with van der Waals surface area (Å²) in [4.78, 5) is 13.8. The molecule has 1 aliphatic rings. The topological polar surface area (TPSA) is 20.3 Å². The van der Waals surface area contributed by atoms with Crippen molar-refractivity contribution in [1.82, 2.24) is 0 Å². The number of aryl methyl sites for hydroxylation is 2. The van der Waals surface area contributed by atoms with E-state index in [0.29, 0.717) is 18.7 Å². The molecule has 0 bridgehead atoms. The van der Waals surface area contributed by atoms with E-state index in [-0.39, 0.29) is 5.54 Å². The smallest absolute Gasteiger partial charge is 0.154 e. The van der Waals surface area contributed by atoms with Crippen LogP contribution in [-0.4, -0.2) is 17.9 Å². The minimum Gasteiger partial charge on any atom is -0.359 e. The van der Waals surface area contributed by atoms with E-state index in [0.717, 1.165) is 0 Å². The molecule has 0 radical (unpaired) electrons. The summed E-state index contributed by atoms with van der Waals surface area (Å²) in [7, 11) is 0. The molecule has 0 unspecified atom stereocenters. The van der Waals surface area contributed by atoms with Crippen LogP contribution in [0.1, 0.15) is 31.4 Å². The van der Waals surface area contributed by atoms with Gasteiger partial charge in [0.1, 0.15) is 0 Å². The van der Waals surface area contributed by atoms with Gasteiger partial charge in [-0.25, -0.2) is 0 Å². The summed E-state index contributed by atoms with van der Waals surface area (Å²) in [5, 5.41) is 0. The van der Waals surface area contributed by atoms with E-state index in [2.05, 4.69) is 50.8 Å². The van der Waals surface area contributed by atoms with Crippen LogP contribution in [0.25, 0.3) is 0 Å². The summed E-state index contributed by atoms with van der Waals surface area (Å²) >= 11 is 0. The predicted octanol–water partition coefficient (Wildman–Crippen LogP) is 2.86. The summed E-state index contributed by atoms with van der Waals surface area (Å²) in [5.41, 5.74) is 3.64. The lowest BCUT2D eigenvalue weighted by Crippen LogP contribution is -2.38. The highest BCUT2D eigenvalue weighted by Gasteiger charge is 2.37. The second kappa shape index (κ2) is 3.62. The Hall–Kier alpha value is -1.31. The molecule has 86 valence electrons. The van der Waals surface area contributed by atoms with E-state index in [9.17, 15) is 4.79 Å². The monoisotopic (exact) mass is 217 g/mol. The van der Waals surface area contributed by atoms with Gasteiger partial charge in [0, 0.05) is 17.6 Å². The number of carbonyl (C=O) groups is 1. The normalized spacial score (nSPS) is 19.2. The third-order valence-corrected chi connectivity index (χ3v) is 3.21. The molecule has 2 rings (SSSR count). The SMILES string of the molecule is Cc1cc(C)cc(N2CC(=O)CC2(C)C)c1. The molecule has 0 amide bonds. The van der Waals surface area contributed by atoms with Gasteiger partial charge in [-0.05, 0) is 51.0 Å². The third-order valence-electron chi connectivity index (χ3n) is 3.21. The fourth-order valence-electron chi connectivity index (χ4n) is 2.57. The molecule has 16 heavy (non-hydrogen) atoms. The molecular formula is C14H19NO. The van der Waals surface area contributed by atoms with Gasteiger partial charge >= 0.3 is 0 Å². The van der Waals surface area contributed by atoms with Gasteiger partial charge in [0.25, 0.3) is 0 Å². The zero-order chi connectivity index (χ0) is 11.9. The van der Waals surface area contributed by atoms with Crippen LogP contribution in [0, 0.1) is 13.8 Å². The number of hydrogen-bond acceptors (Lipinski definition) is 2. The number of rotatable bonds is 1. The van der Waals surface area contributed by atoms with Gasteiger partial charge in [0.15, 0.2) is 5.78 Å². The summed E-state index contributed by atoms with van der Waals surface area (Å²) in [6.07, 6.45) is 0.653. The predicted molar refractivity (Wildman–Crippen MR) is 67.0 cm³/mol. The van der Waals surface area contributed by atoms with Crippen LogP contribution < -0.4 is 4.90 Å². The number of Topliss-reactive ketones (excluding diaryl/α,β-unsaturated/α-hetero) is 1. The van der Waals surface area contributed by atoms with Crippen molar-refractivity contribution < 1.29 is 4.79 Å². The number of anilines is 1. The highest BCUT2D eigenvalue weighted by molar-refractivity contribution is 5.89. The van der Waals surface area contributed by atoms with Crippen molar-refractivity contribution >= 4 is 11.5 Å². The summed E-state index contributed by atoms with van der Waals surface area (Å²) in [5.74, 6) is 0.337. The molecule has 1 aliphatic heterocycles. The highest BCUT2D eigenvalue weighted by Crippen LogP contribution is 2.32. The molecule has 1 aromatic carbocycles. The molecular weight excluding hydrogens is 198 g/mol.